The fraction of sp³-hybridized carbons (Fsp3) is 0.609. The summed E-state index contributed by atoms with van der Waals surface area (Å²) in [5, 5.41) is 16.3. The van der Waals surface area contributed by atoms with Gasteiger partial charge in [-0.05, 0) is 58.1 Å². The Labute approximate surface area is 179 Å². The molecule has 0 aliphatic carbocycles. The number of halogens is 1. The molecule has 166 valence electrons. The van der Waals surface area contributed by atoms with Crippen LogP contribution in [0.25, 0.3) is 0 Å². The second kappa shape index (κ2) is 9.25. The van der Waals surface area contributed by atoms with E-state index in [1.165, 1.54) is 0 Å². The monoisotopic (exact) mass is 418 g/mol. The number of hydrogen-bond acceptors (Lipinski definition) is 5. The molecule has 1 saturated heterocycles. The van der Waals surface area contributed by atoms with E-state index in [1.54, 1.807) is 18.7 Å². The van der Waals surface area contributed by atoms with Crippen molar-refractivity contribution in [1.29, 1.82) is 0 Å². The summed E-state index contributed by atoms with van der Waals surface area (Å²) >= 11 is 0. The lowest BCUT2D eigenvalue weighted by Crippen LogP contribution is -2.46. The van der Waals surface area contributed by atoms with Crippen LogP contribution in [-0.4, -0.2) is 65.3 Å². The van der Waals surface area contributed by atoms with Crippen molar-refractivity contribution in [1.82, 2.24) is 20.4 Å². The zero-order valence-electron chi connectivity index (χ0n) is 18.4. The molecule has 3 rings (SSSR count). The van der Waals surface area contributed by atoms with E-state index in [0.717, 1.165) is 42.1 Å². The van der Waals surface area contributed by atoms with Gasteiger partial charge in [0.2, 0.25) is 0 Å². The molecule has 1 amide bonds. The highest BCUT2D eigenvalue weighted by molar-refractivity contribution is 5.95. The highest BCUT2D eigenvalue weighted by Crippen LogP contribution is 2.30. The number of hydrogen-bond donors (Lipinski definition) is 3. The second-order valence-electron chi connectivity index (χ2n) is 8.69. The molecule has 7 heteroatoms. The first-order valence-electron chi connectivity index (χ1n) is 10.9. The first-order valence-corrected chi connectivity index (χ1v) is 10.9. The lowest BCUT2D eigenvalue weighted by molar-refractivity contribution is -0.129. The molecule has 3 aliphatic heterocycles. The number of carbonyl (C=O) groups is 1. The van der Waals surface area contributed by atoms with Crippen molar-refractivity contribution in [2.75, 3.05) is 32.7 Å². The molecule has 0 aromatic rings. The molecule has 0 spiro atoms. The molecular weight excluding hydrogens is 383 g/mol. The molecule has 3 heterocycles. The summed E-state index contributed by atoms with van der Waals surface area (Å²) < 4.78 is 14.1. The number of piperidine rings is 1. The predicted octanol–water partition coefficient (Wildman–Crippen LogP) is 2.56. The third-order valence-corrected chi connectivity index (χ3v) is 6.25. The number of dihydropyridines is 1. The van der Waals surface area contributed by atoms with Gasteiger partial charge in [-0.2, -0.15) is 0 Å². The molecule has 3 N–H and O–H groups in total. The normalized spacial score (nSPS) is 22.7. The number of nitrogens with one attached hydrogen (secondary N) is 2. The van der Waals surface area contributed by atoms with Crippen LogP contribution in [0.5, 0.6) is 0 Å². The van der Waals surface area contributed by atoms with Gasteiger partial charge in [0.1, 0.15) is 11.5 Å². The van der Waals surface area contributed by atoms with Gasteiger partial charge in [-0.25, -0.2) is 4.39 Å². The number of aliphatic hydroxyl groups is 1. The van der Waals surface area contributed by atoms with Crippen molar-refractivity contribution in [3.8, 4) is 0 Å². The van der Waals surface area contributed by atoms with Gasteiger partial charge in [0.15, 0.2) is 0 Å². The van der Waals surface area contributed by atoms with Crippen LogP contribution >= 0.6 is 0 Å². The first-order chi connectivity index (χ1) is 14.2. The van der Waals surface area contributed by atoms with Gasteiger partial charge in [0, 0.05) is 43.1 Å². The van der Waals surface area contributed by atoms with E-state index < -0.39 is 11.8 Å². The molecule has 3 aliphatic rings. The SMILES string of the molecule is C=C(NC/C(=C\C)N1CCCC2=C1NCC(C(=O)N1CCC(C)(F)CC1)=C2)C(C)O. The molecule has 0 radical (unpaired) electrons. The summed E-state index contributed by atoms with van der Waals surface area (Å²) in [5.74, 6) is 1.06. The molecule has 0 aromatic heterocycles. The van der Waals surface area contributed by atoms with Crippen LogP contribution in [0.3, 0.4) is 0 Å². The van der Waals surface area contributed by atoms with E-state index in [0.29, 0.717) is 44.7 Å². The van der Waals surface area contributed by atoms with E-state index in [1.807, 2.05) is 13.0 Å². The van der Waals surface area contributed by atoms with Crippen molar-refractivity contribution in [3.05, 3.63) is 47.1 Å². The Morgan fingerprint density at radius 2 is 2.13 bits per heavy atom. The van der Waals surface area contributed by atoms with Crippen LogP contribution in [0.2, 0.25) is 0 Å². The third kappa shape index (κ3) is 5.06. The number of likely N-dealkylation sites (tertiary alicyclic amines) is 1. The number of allylic oxidation sites excluding steroid dienone is 3. The smallest absolute Gasteiger partial charge is 0.251 e. The topological polar surface area (TPSA) is 67.8 Å². The van der Waals surface area contributed by atoms with E-state index in [4.69, 9.17) is 0 Å². The van der Waals surface area contributed by atoms with Crippen LogP contribution < -0.4 is 10.6 Å². The largest absolute Gasteiger partial charge is 0.387 e. The predicted molar refractivity (Wildman–Crippen MR) is 117 cm³/mol. The number of nitrogens with zero attached hydrogens (tertiary/aromatic N) is 2. The van der Waals surface area contributed by atoms with Gasteiger partial charge in [0.25, 0.3) is 5.91 Å². The highest BCUT2D eigenvalue weighted by atomic mass is 19.1. The van der Waals surface area contributed by atoms with Gasteiger partial charge in [0.05, 0.1) is 12.6 Å². The number of rotatable bonds is 6. The summed E-state index contributed by atoms with van der Waals surface area (Å²) in [5.41, 5.74) is 2.41. The minimum atomic E-state index is -1.16. The summed E-state index contributed by atoms with van der Waals surface area (Å²) in [7, 11) is 0. The van der Waals surface area contributed by atoms with Crippen LogP contribution in [0.4, 0.5) is 4.39 Å². The fourth-order valence-corrected chi connectivity index (χ4v) is 4.13. The van der Waals surface area contributed by atoms with Gasteiger partial charge in [-0.1, -0.05) is 12.7 Å². The molecule has 30 heavy (non-hydrogen) atoms. The van der Waals surface area contributed by atoms with Crippen LogP contribution in [0, 0.1) is 0 Å². The third-order valence-electron chi connectivity index (χ3n) is 6.25. The summed E-state index contributed by atoms with van der Waals surface area (Å²) in [4.78, 5) is 17.0. The number of amides is 1. The Hall–Kier alpha value is -2.28. The molecule has 0 bridgehead atoms. The minimum absolute atomic E-state index is 0.0165. The van der Waals surface area contributed by atoms with Gasteiger partial charge < -0.3 is 25.5 Å². The van der Waals surface area contributed by atoms with Crippen molar-refractivity contribution in [3.63, 3.8) is 0 Å². The van der Waals surface area contributed by atoms with Crippen LogP contribution in [0.1, 0.15) is 46.5 Å². The van der Waals surface area contributed by atoms with E-state index in [9.17, 15) is 14.3 Å². The van der Waals surface area contributed by atoms with Gasteiger partial charge >= 0.3 is 0 Å². The summed E-state index contributed by atoms with van der Waals surface area (Å²) in [6.45, 7) is 12.1. The Morgan fingerprint density at radius 3 is 2.77 bits per heavy atom. The molecule has 0 saturated carbocycles. The molecule has 0 aromatic carbocycles. The molecular formula is C23H35FN4O2. The van der Waals surface area contributed by atoms with Crippen molar-refractivity contribution in [2.24, 2.45) is 0 Å². The maximum atomic E-state index is 14.1. The molecule has 1 fully saturated rings. The van der Waals surface area contributed by atoms with Gasteiger partial charge in [-0.15, -0.1) is 0 Å². The average molecular weight is 419 g/mol. The second-order valence-corrected chi connectivity index (χ2v) is 8.69. The van der Waals surface area contributed by atoms with Crippen molar-refractivity contribution < 1.29 is 14.3 Å². The Kier molecular flexibility index (Phi) is 6.91. The van der Waals surface area contributed by atoms with E-state index in [2.05, 4.69) is 28.2 Å². The lowest BCUT2D eigenvalue weighted by Gasteiger charge is -2.39. The lowest BCUT2D eigenvalue weighted by atomic mass is 9.94. The Balaban J connectivity index is 1.71. The fourth-order valence-electron chi connectivity index (χ4n) is 4.13. The van der Waals surface area contributed by atoms with Crippen LogP contribution in [0.15, 0.2) is 47.1 Å². The summed E-state index contributed by atoms with van der Waals surface area (Å²) in [6.07, 6.45) is 6.20. The quantitative estimate of drug-likeness (QED) is 0.619. The molecule has 6 nitrogen and oxygen atoms in total. The molecule has 1 atom stereocenters. The first kappa shape index (κ1) is 22.4. The number of aliphatic hydroxyl groups excluding tert-OH is 1. The van der Waals surface area contributed by atoms with Crippen LogP contribution in [-0.2, 0) is 4.79 Å². The Bertz CT molecular complexity index is 772. The van der Waals surface area contributed by atoms with E-state index in [-0.39, 0.29) is 5.91 Å². The maximum absolute atomic E-state index is 14.1. The van der Waals surface area contributed by atoms with E-state index >= 15 is 0 Å². The zero-order chi connectivity index (χ0) is 21.9. The highest BCUT2D eigenvalue weighted by Gasteiger charge is 2.33. The van der Waals surface area contributed by atoms with Gasteiger partial charge in [-0.3, -0.25) is 4.79 Å². The Morgan fingerprint density at radius 1 is 1.43 bits per heavy atom. The van der Waals surface area contributed by atoms with Crippen molar-refractivity contribution >= 4 is 5.91 Å². The number of carbonyl (C=O) groups excluding carboxylic acids is 1. The molecule has 1 unspecified atom stereocenters. The average Bonchev–Trinajstić information content (AvgIpc) is 2.73. The standard InChI is InChI=1S/C23H35FN4O2/c1-5-20(15-25-16(2)17(3)29)28-10-6-7-18-13-19(14-26-21(18)28)22(30)27-11-8-23(4,24)9-12-27/h5,13,17,25-26,29H,2,6-12,14-15H2,1,3-4H3/b20-5+. The summed E-state index contributed by atoms with van der Waals surface area (Å²) in [6, 6.07) is 0. The zero-order valence-corrected chi connectivity index (χ0v) is 18.4. The van der Waals surface area contributed by atoms with Crippen molar-refractivity contribution in [2.45, 2.75) is 58.2 Å². The maximum Gasteiger partial charge on any atom is 0.251 e. The minimum Gasteiger partial charge on any atom is -0.387 e. The number of alkyl halides is 1.